The normalized spacial score (nSPS) is 12.7. The Morgan fingerprint density at radius 1 is 1.24 bits per heavy atom. The smallest absolute Gasteiger partial charge is 0.310 e. The lowest BCUT2D eigenvalue weighted by molar-refractivity contribution is -0.139. The first-order valence-electron chi connectivity index (χ1n) is 5.99. The minimum absolute atomic E-state index is 0.333. The van der Waals surface area contributed by atoms with Crippen molar-refractivity contribution in [2.45, 2.75) is 39.0 Å². The molecule has 2 nitrogen and oxygen atoms in total. The van der Waals surface area contributed by atoms with E-state index in [-0.39, 0.29) is 5.82 Å². The molecule has 0 fully saturated rings. The number of rotatable bonds is 6. The number of aliphatic carboxylic acids is 1. The van der Waals surface area contributed by atoms with Crippen molar-refractivity contribution in [3.05, 3.63) is 35.6 Å². The van der Waals surface area contributed by atoms with E-state index in [0.29, 0.717) is 17.9 Å². The number of carbonyl (C=O) groups is 1. The zero-order valence-electron chi connectivity index (χ0n) is 10.3. The third kappa shape index (κ3) is 4.55. The minimum atomic E-state index is -0.833. The van der Waals surface area contributed by atoms with Crippen LogP contribution in [-0.2, 0) is 4.79 Å². The Morgan fingerprint density at radius 2 is 1.82 bits per heavy atom. The molecule has 0 aliphatic rings. The van der Waals surface area contributed by atoms with Crippen molar-refractivity contribution in [3.8, 4) is 0 Å². The second kappa shape index (κ2) is 6.38. The Morgan fingerprint density at radius 3 is 2.29 bits per heavy atom. The van der Waals surface area contributed by atoms with E-state index in [1.165, 1.54) is 12.1 Å². The molecule has 17 heavy (non-hydrogen) atoms. The summed E-state index contributed by atoms with van der Waals surface area (Å²) in [7, 11) is 0. The Balaban J connectivity index is 2.66. The second-order valence-corrected chi connectivity index (χ2v) is 4.77. The predicted octanol–water partition coefficient (Wildman–Crippen LogP) is 3.82. The number of hydrogen-bond donors (Lipinski definition) is 1. The number of hydrogen-bond acceptors (Lipinski definition) is 1. The Bertz CT molecular complexity index is 357. The van der Waals surface area contributed by atoms with Gasteiger partial charge >= 0.3 is 5.97 Å². The highest BCUT2D eigenvalue weighted by molar-refractivity contribution is 5.75. The summed E-state index contributed by atoms with van der Waals surface area (Å²) in [5, 5.41) is 9.17. The van der Waals surface area contributed by atoms with Crippen molar-refractivity contribution in [2.75, 3.05) is 0 Å². The lowest BCUT2D eigenvalue weighted by Crippen LogP contribution is -2.12. The highest BCUT2D eigenvalue weighted by atomic mass is 19.1. The van der Waals surface area contributed by atoms with Crippen molar-refractivity contribution in [1.82, 2.24) is 0 Å². The number of benzene rings is 1. The summed E-state index contributed by atoms with van der Waals surface area (Å²) in [6, 6.07) is 5.74. The van der Waals surface area contributed by atoms with E-state index in [2.05, 4.69) is 13.8 Å². The molecule has 0 bridgehead atoms. The molecule has 1 unspecified atom stereocenters. The van der Waals surface area contributed by atoms with Crippen LogP contribution in [0.5, 0.6) is 0 Å². The maximum atomic E-state index is 12.8. The van der Waals surface area contributed by atoms with Gasteiger partial charge in [-0.2, -0.15) is 0 Å². The number of carboxylic acid groups (broad SMARTS) is 1. The van der Waals surface area contributed by atoms with Crippen molar-refractivity contribution in [3.63, 3.8) is 0 Å². The van der Waals surface area contributed by atoms with E-state index in [9.17, 15) is 9.18 Å². The zero-order chi connectivity index (χ0) is 12.8. The van der Waals surface area contributed by atoms with Crippen LogP contribution in [0.3, 0.4) is 0 Å². The summed E-state index contributed by atoms with van der Waals surface area (Å²) >= 11 is 0. The van der Waals surface area contributed by atoms with Gasteiger partial charge in [-0.3, -0.25) is 4.79 Å². The molecule has 0 amide bonds. The maximum Gasteiger partial charge on any atom is 0.310 e. The third-order valence-corrected chi connectivity index (χ3v) is 2.84. The second-order valence-electron chi connectivity index (χ2n) is 4.77. The van der Waals surface area contributed by atoms with Crippen LogP contribution in [0.1, 0.15) is 44.6 Å². The summed E-state index contributed by atoms with van der Waals surface area (Å²) in [6.07, 6.45) is 2.51. The molecule has 0 spiro atoms. The van der Waals surface area contributed by atoms with Gasteiger partial charge in [0.2, 0.25) is 0 Å². The van der Waals surface area contributed by atoms with E-state index in [4.69, 9.17) is 5.11 Å². The molecule has 3 heteroatoms. The molecule has 1 aromatic carbocycles. The monoisotopic (exact) mass is 238 g/mol. The summed E-state index contributed by atoms with van der Waals surface area (Å²) in [4.78, 5) is 11.2. The van der Waals surface area contributed by atoms with Gasteiger partial charge in [0.15, 0.2) is 0 Å². The first kappa shape index (κ1) is 13.7. The van der Waals surface area contributed by atoms with E-state index in [1.807, 2.05) is 0 Å². The van der Waals surface area contributed by atoms with Gasteiger partial charge in [0.1, 0.15) is 5.82 Å². The van der Waals surface area contributed by atoms with Crippen LogP contribution in [0.25, 0.3) is 0 Å². The van der Waals surface area contributed by atoms with Crippen LogP contribution < -0.4 is 0 Å². The van der Waals surface area contributed by atoms with Crippen LogP contribution in [-0.4, -0.2) is 11.1 Å². The Kier molecular flexibility index (Phi) is 5.13. The molecule has 0 saturated carbocycles. The number of carboxylic acids is 1. The van der Waals surface area contributed by atoms with Gasteiger partial charge in [-0.1, -0.05) is 38.8 Å². The minimum Gasteiger partial charge on any atom is -0.481 e. The van der Waals surface area contributed by atoms with Gasteiger partial charge in [-0.05, 0) is 30.0 Å². The van der Waals surface area contributed by atoms with Crippen LogP contribution in [0.15, 0.2) is 24.3 Å². The summed E-state index contributed by atoms with van der Waals surface area (Å²) < 4.78 is 12.8. The summed E-state index contributed by atoms with van der Waals surface area (Å²) in [5.74, 6) is -1.10. The summed E-state index contributed by atoms with van der Waals surface area (Å²) in [5.41, 5.74) is 0.683. The molecule has 1 rings (SSSR count). The average Bonchev–Trinajstić information content (AvgIpc) is 2.25. The largest absolute Gasteiger partial charge is 0.481 e. The van der Waals surface area contributed by atoms with Crippen LogP contribution in [0, 0.1) is 11.7 Å². The van der Waals surface area contributed by atoms with Gasteiger partial charge in [-0.25, -0.2) is 4.39 Å². The Hall–Kier alpha value is -1.38. The molecular weight excluding hydrogens is 219 g/mol. The van der Waals surface area contributed by atoms with Gasteiger partial charge < -0.3 is 5.11 Å². The molecule has 0 aliphatic carbocycles. The molecular formula is C14H19FO2. The molecule has 0 saturated heterocycles. The first-order valence-corrected chi connectivity index (χ1v) is 5.99. The SMILES string of the molecule is CC(C)CCCC(C(=O)O)c1ccc(F)cc1. The lowest BCUT2D eigenvalue weighted by Gasteiger charge is -2.13. The van der Waals surface area contributed by atoms with Crippen molar-refractivity contribution >= 4 is 5.97 Å². The van der Waals surface area contributed by atoms with Crippen LogP contribution >= 0.6 is 0 Å². The third-order valence-electron chi connectivity index (χ3n) is 2.84. The zero-order valence-corrected chi connectivity index (χ0v) is 10.3. The maximum absolute atomic E-state index is 12.8. The standard InChI is InChI=1S/C14H19FO2/c1-10(2)4-3-5-13(14(16)17)11-6-8-12(15)9-7-11/h6-10,13H,3-5H2,1-2H3,(H,16,17). The lowest BCUT2D eigenvalue weighted by atomic mass is 9.92. The Labute approximate surface area is 101 Å². The summed E-state index contributed by atoms with van der Waals surface area (Å²) in [6.45, 7) is 4.24. The molecule has 1 atom stereocenters. The average molecular weight is 238 g/mol. The molecule has 94 valence electrons. The fraction of sp³-hybridized carbons (Fsp3) is 0.500. The molecule has 0 radical (unpaired) electrons. The first-order chi connectivity index (χ1) is 8.00. The molecule has 0 heterocycles. The van der Waals surface area contributed by atoms with E-state index in [0.717, 1.165) is 12.8 Å². The van der Waals surface area contributed by atoms with Crippen LogP contribution in [0.4, 0.5) is 4.39 Å². The highest BCUT2D eigenvalue weighted by Gasteiger charge is 2.19. The van der Waals surface area contributed by atoms with Crippen LogP contribution in [0.2, 0.25) is 0 Å². The van der Waals surface area contributed by atoms with Gasteiger partial charge in [0.05, 0.1) is 5.92 Å². The molecule has 1 N–H and O–H groups in total. The van der Waals surface area contributed by atoms with E-state index < -0.39 is 11.9 Å². The van der Waals surface area contributed by atoms with Crippen molar-refractivity contribution in [1.29, 1.82) is 0 Å². The fourth-order valence-corrected chi connectivity index (χ4v) is 1.86. The van der Waals surface area contributed by atoms with Gasteiger partial charge in [-0.15, -0.1) is 0 Å². The van der Waals surface area contributed by atoms with Gasteiger partial charge in [0, 0.05) is 0 Å². The van der Waals surface area contributed by atoms with Crippen molar-refractivity contribution in [2.24, 2.45) is 5.92 Å². The number of halogens is 1. The fourth-order valence-electron chi connectivity index (χ4n) is 1.86. The van der Waals surface area contributed by atoms with Gasteiger partial charge in [0.25, 0.3) is 0 Å². The molecule has 0 aliphatic heterocycles. The van der Waals surface area contributed by atoms with E-state index >= 15 is 0 Å². The highest BCUT2D eigenvalue weighted by Crippen LogP contribution is 2.23. The molecule has 0 aromatic heterocycles. The van der Waals surface area contributed by atoms with Crippen molar-refractivity contribution < 1.29 is 14.3 Å². The van der Waals surface area contributed by atoms with E-state index in [1.54, 1.807) is 12.1 Å². The topological polar surface area (TPSA) is 37.3 Å². The molecule has 1 aromatic rings. The quantitative estimate of drug-likeness (QED) is 0.818. The predicted molar refractivity (Wildman–Crippen MR) is 65.5 cm³/mol.